The van der Waals surface area contributed by atoms with Gasteiger partial charge in [0.2, 0.25) is 0 Å². The standard InChI is InChI=1S/C15H20OSSi/c1-18(2,3)10-9-15(11-13-12-16-13)17-14-7-5-4-6-8-14/h4-8,13,15H,11-12H2,1-3H3. The number of ether oxygens (including phenoxy) is 1. The molecule has 0 aromatic heterocycles. The van der Waals surface area contributed by atoms with Gasteiger partial charge in [-0.05, 0) is 18.6 Å². The highest BCUT2D eigenvalue weighted by Crippen LogP contribution is 2.29. The molecule has 1 fully saturated rings. The fraction of sp³-hybridized carbons (Fsp3) is 0.467. The fourth-order valence-electron chi connectivity index (χ4n) is 1.54. The Morgan fingerprint density at radius 3 is 2.56 bits per heavy atom. The van der Waals surface area contributed by atoms with Crippen molar-refractivity contribution in [3.63, 3.8) is 0 Å². The van der Waals surface area contributed by atoms with Crippen LogP contribution in [0.3, 0.4) is 0 Å². The Kier molecular flexibility index (Phi) is 4.55. The summed E-state index contributed by atoms with van der Waals surface area (Å²) in [6.07, 6.45) is 1.50. The molecule has 0 radical (unpaired) electrons. The fourth-order valence-corrected chi connectivity index (χ4v) is 3.32. The van der Waals surface area contributed by atoms with E-state index in [9.17, 15) is 0 Å². The van der Waals surface area contributed by atoms with Crippen LogP contribution in [0, 0.1) is 11.5 Å². The molecule has 0 bridgehead atoms. The second kappa shape index (κ2) is 5.97. The van der Waals surface area contributed by atoms with E-state index in [-0.39, 0.29) is 0 Å². The molecule has 18 heavy (non-hydrogen) atoms. The molecule has 3 heteroatoms. The van der Waals surface area contributed by atoms with Crippen LogP contribution in [-0.4, -0.2) is 26.0 Å². The predicted octanol–water partition coefficient (Wildman–Crippen LogP) is 3.82. The summed E-state index contributed by atoms with van der Waals surface area (Å²) in [5.41, 5.74) is 3.49. The molecule has 1 aliphatic heterocycles. The summed E-state index contributed by atoms with van der Waals surface area (Å²) >= 11 is 1.87. The molecule has 1 nitrogen and oxygen atoms in total. The van der Waals surface area contributed by atoms with Gasteiger partial charge in [0.05, 0.1) is 18.0 Å². The molecule has 96 valence electrons. The van der Waals surface area contributed by atoms with Crippen molar-refractivity contribution in [3.8, 4) is 11.5 Å². The molecule has 1 aromatic rings. The lowest BCUT2D eigenvalue weighted by atomic mass is 10.2. The van der Waals surface area contributed by atoms with Crippen molar-refractivity contribution in [2.75, 3.05) is 6.61 Å². The number of hydrogen-bond acceptors (Lipinski definition) is 2. The molecule has 1 heterocycles. The van der Waals surface area contributed by atoms with E-state index in [1.54, 1.807) is 0 Å². The number of epoxide rings is 1. The van der Waals surface area contributed by atoms with Crippen molar-refractivity contribution >= 4 is 19.8 Å². The summed E-state index contributed by atoms with van der Waals surface area (Å²) in [7, 11) is -1.28. The van der Waals surface area contributed by atoms with Crippen LogP contribution >= 0.6 is 11.8 Å². The van der Waals surface area contributed by atoms with Crippen molar-refractivity contribution in [1.29, 1.82) is 0 Å². The van der Waals surface area contributed by atoms with Gasteiger partial charge in [0.15, 0.2) is 0 Å². The normalized spacial score (nSPS) is 19.8. The van der Waals surface area contributed by atoms with Crippen LogP contribution in [0.25, 0.3) is 0 Å². The van der Waals surface area contributed by atoms with Crippen molar-refractivity contribution in [2.24, 2.45) is 0 Å². The van der Waals surface area contributed by atoms with Gasteiger partial charge in [-0.1, -0.05) is 43.8 Å². The Balaban J connectivity index is 2.02. The summed E-state index contributed by atoms with van der Waals surface area (Å²) in [4.78, 5) is 1.30. The molecule has 0 N–H and O–H groups in total. The molecular weight excluding hydrogens is 256 g/mol. The van der Waals surface area contributed by atoms with Crippen molar-refractivity contribution in [1.82, 2.24) is 0 Å². The summed E-state index contributed by atoms with van der Waals surface area (Å²) in [6.45, 7) is 7.79. The van der Waals surface area contributed by atoms with E-state index in [1.165, 1.54) is 4.90 Å². The van der Waals surface area contributed by atoms with E-state index >= 15 is 0 Å². The van der Waals surface area contributed by atoms with E-state index in [0.717, 1.165) is 13.0 Å². The van der Waals surface area contributed by atoms with Crippen LogP contribution in [0.4, 0.5) is 0 Å². The van der Waals surface area contributed by atoms with E-state index in [1.807, 2.05) is 11.8 Å². The maximum atomic E-state index is 5.34. The summed E-state index contributed by atoms with van der Waals surface area (Å²) in [6, 6.07) is 10.5. The first kappa shape index (κ1) is 13.7. The molecular formula is C15H20OSSi. The van der Waals surface area contributed by atoms with E-state index in [4.69, 9.17) is 4.74 Å². The maximum Gasteiger partial charge on any atom is 0.129 e. The lowest BCUT2D eigenvalue weighted by molar-refractivity contribution is 0.400. The Bertz CT molecular complexity index is 437. The maximum absolute atomic E-state index is 5.34. The first-order valence-electron chi connectivity index (χ1n) is 6.39. The third kappa shape index (κ3) is 5.30. The van der Waals surface area contributed by atoms with Crippen LogP contribution < -0.4 is 0 Å². The predicted molar refractivity (Wildman–Crippen MR) is 81.6 cm³/mol. The average molecular weight is 276 g/mol. The van der Waals surface area contributed by atoms with Gasteiger partial charge in [-0.15, -0.1) is 17.3 Å². The zero-order chi connectivity index (χ0) is 13.0. The van der Waals surface area contributed by atoms with Crippen molar-refractivity contribution < 1.29 is 4.74 Å². The first-order valence-corrected chi connectivity index (χ1v) is 10.8. The first-order chi connectivity index (χ1) is 8.53. The molecule has 1 saturated heterocycles. The molecule has 0 aliphatic carbocycles. The lowest BCUT2D eigenvalue weighted by Gasteiger charge is -2.11. The zero-order valence-electron chi connectivity index (χ0n) is 11.3. The van der Waals surface area contributed by atoms with E-state index < -0.39 is 8.07 Å². The Morgan fingerprint density at radius 1 is 1.33 bits per heavy atom. The number of rotatable bonds is 4. The SMILES string of the molecule is C[Si](C)(C)C#CC(CC1CO1)Sc1ccccc1. The van der Waals surface area contributed by atoms with Gasteiger partial charge < -0.3 is 4.74 Å². The van der Waals surface area contributed by atoms with Gasteiger partial charge in [-0.2, -0.15) is 0 Å². The molecule has 0 amide bonds. The van der Waals surface area contributed by atoms with Gasteiger partial charge in [0.1, 0.15) is 8.07 Å². The van der Waals surface area contributed by atoms with Gasteiger partial charge in [-0.3, -0.25) is 0 Å². The Morgan fingerprint density at radius 2 is 2.00 bits per heavy atom. The van der Waals surface area contributed by atoms with Crippen LogP contribution in [0.1, 0.15) is 6.42 Å². The summed E-state index contributed by atoms with van der Waals surface area (Å²) < 4.78 is 5.34. The molecule has 2 unspecified atom stereocenters. The topological polar surface area (TPSA) is 12.5 Å². The number of hydrogen-bond donors (Lipinski definition) is 0. The molecule has 2 rings (SSSR count). The monoisotopic (exact) mass is 276 g/mol. The van der Waals surface area contributed by atoms with E-state index in [0.29, 0.717) is 11.4 Å². The molecule has 2 atom stereocenters. The number of benzene rings is 1. The second-order valence-electron chi connectivity index (χ2n) is 5.63. The quantitative estimate of drug-likeness (QED) is 0.359. The van der Waals surface area contributed by atoms with Crippen LogP contribution in [-0.2, 0) is 4.74 Å². The van der Waals surface area contributed by atoms with Crippen LogP contribution in [0.15, 0.2) is 35.2 Å². The summed E-state index contributed by atoms with van der Waals surface area (Å²) in [5.74, 6) is 3.47. The van der Waals surface area contributed by atoms with Gasteiger partial charge in [0.25, 0.3) is 0 Å². The smallest absolute Gasteiger partial charge is 0.129 e. The van der Waals surface area contributed by atoms with Crippen molar-refractivity contribution in [3.05, 3.63) is 30.3 Å². The highest BCUT2D eigenvalue weighted by atomic mass is 32.2. The molecule has 0 saturated carbocycles. The largest absolute Gasteiger partial charge is 0.373 e. The summed E-state index contributed by atoms with van der Waals surface area (Å²) in [5, 5.41) is 0.367. The van der Waals surface area contributed by atoms with Crippen molar-refractivity contribution in [2.45, 2.75) is 42.3 Å². The van der Waals surface area contributed by atoms with Gasteiger partial charge in [-0.25, -0.2) is 0 Å². The van der Waals surface area contributed by atoms with Gasteiger partial charge >= 0.3 is 0 Å². The van der Waals surface area contributed by atoms with Crippen LogP contribution in [0.2, 0.25) is 19.6 Å². The molecule has 0 spiro atoms. The Hall–Kier alpha value is -0.693. The van der Waals surface area contributed by atoms with Gasteiger partial charge in [0, 0.05) is 4.90 Å². The highest BCUT2D eigenvalue weighted by molar-refractivity contribution is 8.00. The zero-order valence-corrected chi connectivity index (χ0v) is 13.1. The minimum absolute atomic E-state index is 0.367. The Labute approximate surface area is 115 Å². The third-order valence-corrected chi connectivity index (χ3v) is 4.54. The average Bonchev–Trinajstić information content (AvgIpc) is 3.10. The second-order valence-corrected chi connectivity index (χ2v) is 11.7. The minimum atomic E-state index is -1.28. The number of thioether (sulfide) groups is 1. The lowest BCUT2D eigenvalue weighted by Crippen LogP contribution is -2.17. The highest BCUT2D eigenvalue weighted by Gasteiger charge is 2.26. The third-order valence-electron chi connectivity index (χ3n) is 2.51. The molecule has 1 aliphatic rings. The van der Waals surface area contributed by atoms with E-state index in [2.05, 4.69) is 61.4 Å². The molecule has 1 aromatic carbocycles. The van der Waals surface area contributed by atoms with Crippen LogP contribution in [0.5, 0.6) is 0 Å². The minimum Gasteiger partial charge on any atom is -0.373 e.